The van der Waals surface area contributed by atoms with Gasteiger partial charge >= 0.3 is 5.69 Å². The molecule has 0 spiro atoms. The molecule has 2 aromatic carbocycles. The zero-order valence-corrected chi connectivity index (χ0v) is 15.4. The number of benzene rings is 2. The summed E-state index contributed by atoms with van der Waals surface area (Å²) in [6, 6.07) is 16.1. The molecule has 0 saturated carbocycles. The molecule has 4 rings (SSSR count). The SMILES string of the molecule is COc1ccc2nc(C(=O)Nc3cccc(-n4c(C)c[nH]c4=O)c3)ccc2c1. The van der Waals surface area contributed by atoms with Gasteiger partial charge in [0.05, 0.1) is 18.3 Å². The number of imidazole rings is 1. The molecule has 4 aromatic rings. The number of carbonyl (C=O) groups is 1. The molecule has 7 nitrogen and oxygen atoms in total. The molecule has 0 bridgehead atoms. The summed E-state index contributed by atoms with van der Waals surface area (Å²) in [7, 11) is 1.60. The van der Waals surface area contributed by atoms with Crippen molar-refractivity contribution in [3.63, 3.8) is 0 Å². The molecule has 0 aliphatic heterocycles. The van der Waals surface area contributed by atoms with E-state index in [4.69, 9.17) is 4.74 Å². The quantitative estimate of drug-likeness (QED) is 0.574. The first kappa shape index (κ1) is 17.5. The molecule has 0 fully saturated rings. The normalized spacial score (nSPS) is 10.8. The molecule has 2 aromatic heterocycles. The Kier molecular flexibility index (Phi) is 4.41. The van der Waals surface area contributed by atoms with Crippen LogP contribution in [0.2, 0.25) is 0 Å². The van der Waals surface area contributed by atoms with Gasteiger partial charge in [0, 0.05) is 23.0 Å². The third kappa shape index (κ3) is 3.25. The number of pyridine rings is 1. The van der Waals surface area contributed by atoms with Crippen LogP contribution in [0.15, 0.2) is 65.6 Å². The van der Waals surface area contributed by atoms with E-state index in [1.165, 1.54) is 4.57 Å². The molecule has 0 unspecified atom stereocenters. The van der Waals surface area contributed by atoms with Crippen LogP contribution in [0, 0.1) is 6.92 Å². The van der Waals surface area contributed by atoms with E-state index < -0.39 is 0 Å². The second-order valence-corrected chi connectivity index (χ2v) is 6.33. The van der Waals surface area contributed by atoms with Gasteiger partial charge in [0.25, 0.3) is 5.91 Å². The van der Waals surface area contributed by atoms with Gasteiger partial charge in [-0.05, 0) is 49.4 Å². The Bertz CT molecular complexity index is 1240. The number of rotatable bonds is 4. The number of nitrogens with zero attached hydrogens (tertiary/aromatic N) is 2. The molecule has 2 N–H and O–H groups in total. The van der Waals surface area contributed by atoms with Crippen LogP contribution in [0.3, 0.4) is 0 Å². The van der Waals surface area contributed by atoms with Crippen LogP contribution in [-0.4, -0.2) is 27.6 Å². The van der Waals surface area contributed by atoms with Gasteiger partial charge in [0.1, 0.15) is 11.4 Å². The number of hydrogen-bond donors (Lipinski definition) is 2. The third-order valence-corrected chi connectivity index (χ3v) is 4.45. The van der Waals surface area contributed by atoms with E-state index in [1.54, 1.807) is 49.7 Å². The molecule has 0 saturated heterocycles. The first-order chi connectivity index (χ1) is 13.5. The molecule has 28 heavy (non-hydrogen) atoms. The zero-order valence-electron chi connectivity index (χ0n) is 15.4. The predicted molar refractivity (Wildman–Crippen MR) is 107 cm³/mol. The lowest BCUT2D eigenvalue weighted by Crippen LogP contribution is -2.17. The summed E-state index contributed by atoms with van der Waals surface area (Å²) in [4.78, 5) is 31.7. The van der Waals surface area contributed by atoms with Crippen molar-refractivity contribution in [2.24, 2.45) is 0 Å². The number of aromatic amines is 1. The number of hydrogen-bond acceptors (Lipinski definition) is 4. The van der Waals surface area contributed by atoms with Crippen LogP contribution in [0.1, 0.15) is 16.2 Å². The minimum Gasteiger partial charge on any atom is -0.497 e. The minimum atomic E-state index is -0.326. The van der Waals surface area contributed by atoms with Crippen LogP contribution in [0.4, 0.5) is 5.69 Å². The number of H-pyrrole nitrogens is 1. The van der Waals surface area contributed by atoms with Crippen LogP contribution >= 0.6 is 0 Å². The Hall–Kier alpha value is -3.87. The summed E-state index contributed by atoms with van der Waals surface area (Å²) in [5, 5.41) is 3.72. The minimum absolute atomic E-state index is 0.229. The summed E-state index contributed by atoms with van der Waals surface area (Å²) in [6.07, 6.45) is 1.64. The predicted octanol–water partition coefficient (Wildman–Crippen LogP) is 3.28. The maximum Gasteiger partial charge on any atom is 0.330 e. The number of anilines is 1. The average molecular weight is 374 g/mol. The Morgan fingerprint density at radius 3 is 2.75 bits per heavy atom. The first-order valence-corrected chi connectivity index (χ1v) is 8.69. The molecular formula is C21H18N4O3. The fourth-order valence-corrected chi connectivity index (χ4v) is 3.05. The lowest BCUT2D eigenvalue weighted by Gasteiger charge is -2.09. The fraction of sp³-hybridized carbons (Fsp3) is 0.0952. The molecule has 0 atom stereocenters. The van der Waals surface area contributed by atoms with Crippen molar-refractivity contribution < 1.29 is 9.53 Å². The van der Waals surface area contributed by atoms with E-state index in [0.29, 0.717) is 22.6 Å². The van der Waals surface area contributed by atoms with Gasteiger partial charge in [-0.1, -0.05) is 12.1 Å². The Morgan fingerprint density at radius 2 is 2.00 bits per heavy atom. The molecule has 0 radical (unpaired) electrons. The second kappa shape index (κ2) is 7.03. The molecular weight excluding hydrogens is 356 g/mol. The van der Waals surface area contributed by atoms with E-state index in [9.17, 15) is 9.59 Å². The molecule has 0 aliphatic rings. The number of aryl methyl sites for hydroxylation is 1. The van der Waals surface area contributed by atoms with Gasteiger partial charge in [-0.15, -0.1) is 0 Å². The highest BCUT2D eigenvalue weighted by Crippen LogP contribution is 2.20. The van der Waals surface area contributed by atoms with Crippen molar-refractivity contribution in [1.29, 1.82) is 0 Å². The largest absolute Gasteiger partial charge is 0.497 e. The number of methoxy groups -OCH3 is 1. The average Bonchev–Trinajstić information content (AvgIpc) is 3.05. The van der Waals surface area contributed by atoms with Gasteiger partial charge in [0.2, 0.25) is 0 Å². The standard InChI is InChI=1S/C21H18N4O3/c1-13-12-22-21(27)25(13)16-5-3-4-15(11-16)23-20(26)19-8-6-14-10-17(28-2)7-9-18(14)24-19/h3-12H,1-2H3,(H,22,27)(H,23,26). The number of amides is 1. The van der Waals surface area contributed by atoms with Gasteiger partial charge in [-0.2, -0.15) is 0 Å². The molecule has 0 aliphatic carbocycles. The summed E-state index contributed by atoms with van der Waals surface area (Å²) in [6.45, 7) is 1.83. The topological polar surface area (TPSA) is 89.0 Å². The number of fused-ring (bicyclic) bond motifs is 1. The van der Waals surface area contributed by atoms with E-state index in [0.717, 1.165) is 16.8 Å². The lowest BCUT2D eigenvalue weighted by atomic mass is 10.2. The molecule has 7 heteroatoms. The fourth-order valence-electron chi connectivity index (χ4n) is 3.05. The van der Waals surface area contributed by atoms with E-state index in [1.807, 2.05) is 25.1 Å². The van der Waals surface area contributed by atoms with Crippen molar-refractivity contribution in [2.75, 3.05) is 12.4 Å². The highest BCUT2D eigenvalue weighted by Gasteiger charge is 2.11. The Labute approximate surface area is 160 Å². The van der Waals surface area contributed by atoms with E-state index >= 15 is 0 Å². The van der Waals surface area contributed by atoms with Crippen LogP contribution < -0.4 is 15.7 Å². The van der Waals surface area contributed by atoms with Crippen LogP contribution in [-0.2, 0) is 0 Å². The lowest BCUT2D eigenvalue weighted by molar-refractivity contribution is 0.102. The Balaban J connectivity index is 1.61. The van der Waals surface area contributed by atoms with Crippen molar-refractivity contribution in [2.45, 2.75) is 6.92 Å². The van der Waals surface area contributed by atoms with E-state index in [-0.39, 0.29) is 11.6 Å². The summed E-state index contributed by atoms with van der Waals surface area (Å²) < 4.78 is 6.74. The van der Waals surface area contributed by atoms with Crippen molar-refractivity contribution >= 4 is 22.5 Å². The second-order valence-electron chi connectivity index (χ2n) is 6.33. The van der Waals surface area contributed by atoms with Gasteiger partial charge < -0.3 is 15.0 Å². The number of ether oxygens (including phenoxy) is 1. The van der Waals surface area contributed by atoms with E-state index in [2.05, 4.69) is 15.3 Å². The Morgan fingerprint density at radius 1 is 1.14 bits per heavy atom. The van der Waals surface area contributed by atoms with Crippen LogP contribution in [0.25, 0.3) is 16.6 Å². The number of carbonyl (C=O) groups excluding carboxylic acids is 1. The maximum absolute atomic E-state index is 12.6. The smallest absolute Gasteiger partial charge is 0.330 e. The zero-order chi connectivity index (χ0) is 19.7. The van der Waals surface area contributed by atoms with Crippen molar-refractivity contribution in [3.8, 4) is 11.4 Å². The van der Waals surface area contributed by atoms with Gasteiger partial charge in [0.15, 0.2) is 0 Å². The number of nitrogens with one attached hydrogen (secondary N) is 2. The first-order valence-electron chi connectivity index (χ1n) is 8.69. The monoisotopic (exact) mass is 374 g/mol. The summed E-state index contributed by atoms with van der Waals surface area (Å²) >= 11 is 0. The molecule has 140 valence electrons. The van der Waals surface area contributed by atoms with Gasteiger partial charge in [-0.3, -0.25) is 9.36 Å². The van der Waals surface area contributed by atoms with Crippen LogP contribution in [0.5, 0.6) is 5.75 Å². The third-order valence-electron chi connectivity index (χ3n) is 4.45. The highest BCUT2D eigenvalue weighted by atomic mass is 16.5. The van der Waals surface area contributed by atoms with Crippen molar-refractivity contribution in [1.82, 2.24) is 14.5 Å². The molecule has 2 heterocycles. The number of aromatic nitrogens is 3. The maximum atomic E-state index is 12.6. The molecule has 1 amide bonds. The summed E-state index contributed by atoms with van der Waals surface area (Å²) in [5.74, 6) is 0.409. The summed E-state index contributed by atoms with van der Waals surface area (Å²) in [5.41, 5.74) is 2.80. The highest BCUT2D eigenvalue weighted by molar-refractivity contribution is 6.04. The van der Waals surface area contributed by atoms with Gasteiger partial charge in [-0.25, -0.2) is 9.78 Å². The van der Waals surface area contributed by atoms with Crippen molar-refractivity contribution in [3.05, 3.63) is 82.7 Å².